The van der Waals surface area contributed by atoms with E-state index in [1.807, 2.05) is 0 Å². The highest BCUT2D eigenvalue weighted by atomic mass is 28.3. The molecule has 2 nitrogen and oxygen atoms in total. The van der Waals surface area contributed by atoms with Gasteiger partial charge in [0.2, 0.25) is 0 Å². The Morgan fingerprint density at radius 3 is 2.33 bits per heavy atom. The first-order valence-electron chi connectivity index (χ1n) is 4.86. The van der Waals surface area contributed by atoms with Crippen LogP contribution in [0.1, 0.15) is 6.92 Å². The average molecular weight is 188 g/mol. The Morgan fingerprint density at radius 1 is 1.33 bits per heavy atom. The predicted octanol–water partition coefficient (Wildman–Crippen LogP) is 1.51. The molecule has 0 aliphatic carbocycles. The molecule has 0 spiro atoms. The molecule has 0 rings (SSSR count). The summed E-state index contributed by atoms with van der Waals surface area (Å²) >= 11 is 0. The molecule has 1 atom stereocenters. The lowest BCUT2D eigenvalue weighted by molar-refractivity contribution is 0.552. The van der Waals surface area contributed by atoms with Crippen molar-refractivity contribution in [2.45, 2.75) is 32.6 Å². The van der Waals surface area contributed by atoms with Crippen molar-refractivity contribution in [3.8, 4) is 0 Å². The lowest BCUT2D eigenvalue weighted by atomic mass is 10.2. The van der Waals surface area contributed by atoms with Crippen molar-refractivity contribution in [2.75, 3.05) is 19.6 Å². The second kappa shape index (κ2) is 5.73. The number of hydrogen-bond acceptors (Lipinski definition) is 2. The van der Waals surface area contributed by atoms with E-state index in [9.17, 15) is 0 Å². The lowest BCUT2D eigenvalue weighted by Gasteiger charge is -2.21. The maximum absolute atomic E-state index is 5.39. The molecular weight excluding hydrogens is 164 g/mol. The molecule has 0 aliphatic heterocycles. The number of hydrogen-bond donors (Lipinski definition) is 2. The fourth-order valence-electron chi connectivity index (χ4n) is 1.57. The molecule has 1 unspecified atom stereocenters. The Morgan fingerprint density at radius 2 is 1.92 bits per heavy atom. The molecule has 0 aromatic heterocycles. The van der Waals surface area contributed by atoms with E-state index in [4.69, 9.17) is 5.73 Å². The zero-order valence-corrected chi connectivity index (χ0v) is 9.98. The van der Waals surface area contributed by atoms with E-state index in [1.54, 1.807) is 0 Å². The SMILES string of the molecule is CC(CNCCN)C[Si](C)(C)C. The molecule has 0 saturated heterocycles. The minimum atomic E-state index is -0.852. The molecule has 12 heavy (non-hydrogen) atoms. The minimum absolute atomic E-state index is 0.750. The molecular formula is C9H24N2Si. The molecule has 0 saturated carbocycles. The van der Waals surface area contributed by atoms with E-state index in [1.165, 1.54) is 6.04 Å². The van der Waals surface area contributed by atoms with Gasteiger partial charge in [-0.2, -0.15) is 0 Å². The summed E-state index contributed by atoms with van der Waals surface area (Å²) in [5.41, 5.74) is 5.39. The molecule has 3 heteroatoms. The largest absolute Gasteiger partial charge is 0.329 e. The van der Waals surface area contributed by atoms with E-state index in [2.05, 4.69) is 31.9 Å². The van der Waals surface area contributed by atoms with Gasteiger partial charge in [0.25, 0.3) is 0 Å². The monoisotopic (exact) mass is 188 g/mol. The van der Waals surface area contributed by atoms with Gasteiger partial charge in [-0.1, -0.05) is 32.6 Å². The summed E-state index contributed by atoms with van der Waals surface area (Å²) in [5.74, 6) is 0.809. The van der Waals surface area contributed by atoms with Gasteiger partial charge in [-0.25, -0.2) is 0 Å². The van der Waals surface area contributed by atoms with Crippen molar-refractivity contribution in [1.29, 1.82) is 0 Å². The second-order valence-electron chi connectivity index (χ2n) is 4.86. The van der Waals surface area contributed by atoms with Crippen LogP contribution in [-0.4, -0.2) is 27.7 Å². The third-order valence-electron chi connectivity index (χ3n) is 1.77. The molecule has 0 fully saturated rings. The zero-order valence-electron chi connectivity index (χ0n) is 8.98. The summed E-state index contributed by atoms with van der Waals surface area (Å²) in [6, 6.07) is 1.41. The summed E-state index contributed by atoms with van der Waals surface area (Å²) in [7, 11) is -0.852. The van der Waals surface area contributed by atoms with Gasteiger partial charge in [0.05, 0.1) is 0 Å². The van der Waals surface area contributed by atoms with Crippen LogP contribution in [0.4, 0.5) is 0 Å². The lowest BCUT2D eigenvalue weighted by Crippen LogP contribution is -2.31. The highest BCUT2D eigenvalue weighted by molar-refractivity contribution is 6.76. The van der Waals surface area contributed by atoms with Crippen molar-refractivity contribution in [3.63, 3.8) is 0 Å². The normalized spacial score (nSPS) is 14.8. The van der Waals surface area contributed by atoms with Crippen LogP contribution in [-0.2, 0) is 0 Å². The van der Waals surface area contributed by atoms with Gasteiger partial charge in [0, 0.05) is 21.2 Å². The van der Waals surface area contributed by atoms with Gasteiger partial charge >= 0.3 is 0 Å². The summed E-state index contributed by atoms with van der Waals surface area (Å²) in [4.78, 5) is 0. The minimum Gasteiger partial charge on any atom is -0.329 e. The summed E-state index contributed by atoms with van der Waals surface area (Å²) < 4.78 is 0. The Labute approximate surface area is 77.9 Å². The Bertz CT molecular complexity index is 110. The average Bonchev–Trinajstić information content (AvgIpc) is 1.84. The topological polar surface area (TPSA) is 38.0 Å². The summed E-state index contributed by atoms with van der Waals surface area (Å²) in [6.45, 7) is 12.4. The fourth-order valence-corrected chi connectivity index (χ4v) is 3.80. The molecule has 0 amide bonds. The Hall–Kier alpha value is 0.137. The van der Waals surface area contributed by atoms with Crippen molar-refractivity contribution in [2.24, 2.45) is 11.7 Å². The first kappa shape index (κ1) is 12.1. The van der Waals surface area contributed by atoms with Crippen LogP contribution < -0.4 is 11.1 Å². The number of rotatable bonds is 6. The van der Waals surface area contributed by atoms with Gasteiger partial charge < -0.3 is 11.1 Å². The van der Waals surface area contributed by atoms with Crippen molar-refractivity contribution < 1.29 is 0 Å². The van der Waals surface area contributed by atoms with Gasteiger partial charge in [-0.15, -0.1) is 0 Å². The molecule has 0 aromatic carbocycles. The summed E-state index contributed by atoms with van der Waals surface area (Å²) in [5, 5.41) is 3.35. The van der Waals surface area contributed by atoms with Crippen molar-refractivity contribution in [1.82, 2.24) is 5.32 Å². The van der Waals surface area contributed by atoms with Gasteiger partial charge in [-0.05, 0) is 12.5 Å². The van der Waals surface area contributed by atoms with E-state index >= 15 is 0 Å². The zero-order chi connectivity index (χ0) is 9.61. The number of nitrogens with one attached hydrogen (secondary N) is 1. The van der Waals surface area contributed by atoms with Crippen molar-refractivity contribution in [3.05, 3.63) is 0 Å². The standard InChI is InChI=1S/C9H24N2Si/c1-9(7-11-6-5-10)8-12(2,3)4/h9,11H,5-8,10H2,1-4H3. The molecule has 0 aromatic rings. The molecule has 0 heterocycles. The smallest absolute Gasteiger partial charge is 0.0445 e. The van der Waals surface area contributed by atoms with Gasteiger partial charge in [0.15, 0.2) is 0 Å². The summed E-state index contributed by atoms with van der Waals surface area (Å²) in [6.07, 6.45) is 0. The van der Waals surface area contributed by atoms with Crippen LogP contribution in [0.3, 0.4) is 0 Å². The molecule has 0 radical (unpaired) electrons. The highest BCUT2D eigenvalue weighted by Gasteiger charge is 2.16. The first-order valence-corrected chi connectivity index (χ1v) is 8.57. The third kappa shape index (κ3) is 8.24. The van der Waals surface area contributed by atoms with Crippen LogP contribution in [0.2, 0.25) is 25.7 Å². The van der Waals surface area contributed by atoms with Crippen LogP contribution >= 0.6 is 0 Å². The van der Waals surface area contributed by atoms with Crippen LogP contribution in [0.15, 0.2) is 0 Å². The highest BCUT2D eigenvalue weighted by Crippen LogP contribution is 2.15. The van der Waals surface area contributed by atoms with E-state index in [0.29, 0.717) is 0 Å². The van der Waals surface area contributed by atoms with Gasteiger partial charge in [-0.3, -0.25) is 0 Å². The third-order valence-corrected chi connectivity index (χ3v) is 3.70. The second-order valence-corrected chi connectivity index (χ2v) is 10.4. The molecule has 3 N–H and O–H groups in total. The predicted molar refractivity (Wildman–Crippen MR) is 59.2 cm³/mol. The van der Waals surface area contributed by atoms with Crippen LogP contribution in [0.25, 0.3) is 0 Å². The fraction of sp³-hybridized carbons (Fsp3) is 1.00. The molecule has 0 bridgehead atoms. The maximum Gasteiger partial charge on any atom is 0.0445 e. The maximum atomic E-state index is 5.39. The molecule has 0 aliphatic rings. The van der Waals surface area contributed by atoms with E-state index in [0.717, 1.165) is 25.6 Å². The van der Waals surface area contributed by atoms with Crippen LogP contribution in [0.5, 0.6) is 0 Å². The number of nitrogens with two attached hydrogens (primary N) is 1. The van der Waals surface area contributed by atoms with Gasteiger partial charge in [0.1, 0.15) is 0 Å². The Balaban J connectivity index is 3.40. The quantitative estimate of drug-likeness (QED) is 0.490. The van der Waals surface area contributed by atoms with E-state index in [-0.39, 0.29) is 0 Å². The van der Waals surface area contributed by atoms with Crippen molar-refractivity contribution >= 4 is 8.07 Å². The molecule has 74 valence electrons. The Kier molecular flexibility index (Phi) is 5.79. The van der Waals surface area contributed by atoms with Crippen LogP contribution in [0, 0.1) is 5.92 Å². The van der Waals surface area contributed by atoms with E-state index < -0.39 is 8.07 Å². The first-order chi connectivity index (χ1) is 5.45.